The normalized spacial score (nSPS) is 13.6. The molecule has 0 aliphatic rings. The Bertz CT molecular complexity index is 2240. The third-order valence-corrected chi connectivity index (χ3v) is 11.9. The summed E-state index contributed by atoms with van der Waals surface area (Å²) in [6.07, 6.45) is -3.31. The summed E-state index contributed by atoms with van der Waals surface area (Å²) < 4.78 is 75.9. The maximum absolute atomic E-state index is 12.5. The van der Waals surface area contributed by atoms with Crippen molar-refractivity contribution in [3.8, 4) is 0 Å². The molecule has 0 spiro atoms. The first-order valence-corrected chi connectivity index (χ1v) is 27.9. The van der Waals surface area contributed by atoms with Gasteiger partial charge in [0.2, 0.25) is 0 Å². The fourth-order valence-corrected chi connectivity index (χ4v) is 7.15. The minimum absolute atomic E-state index is 0.00441. The fraction of sp³-hybridized carbons (Fsp3) is 0.600. The zero-order valence-corrected chi connectivity index (χ0v) is 47.0. The molecule has 4 unspecified atom stereocenters. The highest BCUT2D eigenvalue weighted by Crippen LogP contribution is 2.44. The van der Waals surface area contributed by atoms with Crippen LogP contribution in [0.5, 0.6) is 0 Å². The molecule has 0 bridgehead atoms. The highest BCUT2D eigenvalue weighted by Gasteiger charge is 2.29. The van der Waals surface area contributed by atoms with Gasteiger partial charge in [-0.15, -0.1) is 0 Å². The maximum Gasteiger partial charge on any atom is 0.472 e. The molecule has 2 aromatic rings. The smallest absolute Gasteiger partial charge is 0.472 e. The summed E-state index contributed by atoms with van der Waals surface area (Å²) in [6.45, 7) is -1.24. The lowest BCUT2D eigenvalue weighted by Gasteiger charge is -2.24. The van der Waals surface area contributed by atoms with Crippen LogP contribution in [0, 0.1) is 0 Å². The Kier molecular flexibility index (Phi) is 34.3. The van der Waals surface area contributed by atoms with Crippen LogP contribution >= 0.6 is 15.6 Å². The first kappa shape index (κ1) is 70.4. The quantitative estimate of drug-likeness (QED) is 0.0298. The van der Waals surface area contributed by atoms with Crippen LogP contribution in [0.3, 0.4) is 0 Å². The summed E-state index contributed by atoms with van der Waals surface area (Å²) in [4.78, 5) is 113. The van der Waals surface area contributed by atoms with Crippen LogP contribution in [0.15, 0.2) is 60.7 Å². The highest BCUT2D eigenvalue weighted by atomic mass is 31.2. The van der Waals surface area contributed by atoms with Gasteiger partial charge in [-0.3, -0.25) is 56.5 Å². The van der Waals surface area contributed by atoms with Crippen molar-refractivity contribution in [2.24, 2.45) is 0 Å². The van der Waals surface area contributed by atoms with Crippen molar-refractivity contribution in [2.45, 2.75) is 102 Å². The molecule has 2 rings (SSSR count). The van der Waals surface area contributed by atoms with E-state index in [1.807, 2.05) is 103 Å². The van der Waals surface area contributed by atoms with Gasteiger partial charge in [0, 0.05) is 51.4 Å². The molecule has 440 valence electrons. The van der Waals surface area contributed by atoms with Crippen molar-refractivity contribution in [2.75, 3.05) is 95.0 Å². The van der Waals surface area contributed by atoms with E-state index >= 15 is 0 Å². The zero-order chi connectivity index (χ0) is 58.6. The number of rotatable bonds is 40. The number of carbonyl (C=O) groups excluding carboxylic acids is 6. The molecule has 4 atom stereocenters. The molecular weight excluding hydrogens is 1070 g/mol. The second-order valence-electron chi connectivity index (χ2n) is 19.3. The number of carboxylic acid groups (broad SMARTS) is 2. The van der Waals surface area contributed by atoms with Gasteiger partial charge < -0.3 is 57.4 Å². The van der Waals surface area contributed by atoms with E-state index < -0.39 is 102 Å². The van der Waals surface area contributed by atoms with Crippen molar-refractivity contribution >= 4 is 63.4 Å². The van der Waals surface area contributed by atoms with Crippen LogP contribution in [0.25, 0.3) is 0 Å². The monoisotopic (exact) mass is 1150 g/mol. The lowest BCUT2D eigenvalue weighted by molar-refractivity contribution is -0.870. The second kappa shape index (κ2) is 38.0. The molecule has 0 saturated heterocycles. The minimum atomic E-state index is -4.50. The number of hydrogen-bond donors (Lipinski definition) is 4. The van der Waals surface area contributed by atoms with Gasteiger partial charge in [0.05, 0.1) is 55.5 Å². The number of carboxylic acids is 2. The van der Waals surface area contributed by atoms with Gasteiger partial charge in [-0.1, -0.05) is 60.7 Å². The van der Waals surface area contributed by atoms with Crippen LogP contribution in [0.1, 0.15) is 88.2 Å². The molecular formula is C50H78N2O24P2+2. The molecule has 0 radical (unpaired) electrons. The number of benzene rings is 2. The van der Waals surface area contributed by atoms with Gasteiger partial charge in [0.15, 0.2) is 12.2 Å². The summed E-state index contributed by atoms with van der Waals surface area (Å²) in [5, 5.41) is 17.2. The van der Waals surface area contributed by atoms with Crippen molar-refractivity contribution in [1.29, 1.82) is 0 Å². The molecule has 2 aromatic carbocycles. The predicted molar refractivity (Wildman–Crippen MR) is 274 cm³/mol. The Morgan fingerprint density at radius 3 is 1.03 bits per heavy atom. The first-order valence-electron chi connectivity index (χ1n) is 24.9. The number of likely N-dealkylation sites (N-methyl/N-ethyl adjacent to an activating group) is 2. The number of nitrogens with zero attached hydrogens (tertiary/aromatic N) is 2. The topological polar surface area (TPSA) is 344 Å². The number of aliphatic carboxylic acids is 2. The van der Waals surface area contributed by atoms with Gasteiger partial charge in [-0.25, -0.2) is 9.13 Å². The molecule has 0 amide bonds. The Balaban J connectivity index is 0.000000836. The van der Waals surface area contributed by atoms with E-state index in [9.17, 15) is 57.3 Å². The minimum Gasteiger partial charge on any atom is -0.481 e. The van der Waals surface area contributed by atoms with Crippen LogP contribution < -0.4 is 0 Å². The van der Waals surface area contributed by atoms with E-state index in [1.165, 1.54) is 0 Å². The van der Waals surface area contributed by atoms with E-state index in [1.54, 1.807) is 0 Å². The van der Waals surface area contributed by atoms with Gasteiger partial charge in [-0.05, 0) is 36.8 Å². The highest BCUT2D eigenvalue weighted by molar-refractivity contribution is 7.47. The summed E-state index contributed by atoms with van der Waals surface area (Å²) in [5.41, 5.74) is 1.67. The summed E-state index contributed by atoms with van der Waals surface area (Å²) in [5.74, 6) is -6.06. The standard InChI is InChI=1S/C32H44NO12P.C18H32NO12P/c1-33(2,3)20-21-43-46(38,39)44-25-28(45-32(37)19-11-18-30(35)41-23-27-14-8-5-9-15-27)24-42-31(36)17-10-16-29(34)40-22-26-12-6-4-7-13-26;1-19(2,3)10-11-29-32(26,27)30-13-14(31-18(25)9-5-7-16(22)23)12-28-17(24)8-4-6-15(20)21/h4-9,12-15,28H,10-11,16-25H2,1-3H3;14H,4-13H2,1-3H3,(H2-,20,21,22,23,26,27)/p+2. The average Bonchev–Trinajstić information content (AvgIpc) is 3.34. The molecule has 28 heteroatoms. The fourth-order valence-electron chi connectivity index (χ4n) is 5.67. The molecule has 0 fully saturated rings. The van der Waals surface area contributed by atoms with Crippen LogP contribution in [-0.4, -0.2) is 184 Å². The van der Waals surface area contributed by atoms with Crippen LogP contribution in [-0.2, 0) is 107 Å². The SMILES string of the molecule is C[N+](C)(C)CCOP(=O)(O)OCC(COC(=O)CCCC(=O)O)OC(=O)CCCC(=O)O.C[N+](C)(C)CCOP(=O)(O)OCC(COC(=O)CCCC(=O)OCc1ccccc1)OC(=O)CCCC(=O)OCc1ccccc1. The number of phosphoric acid groups is 2. The summed E-state index contributed by atoms with van der Waals surface area (Å²) in [7, 11) is 2.25. The van der Waals surface area contributed by atoms with E-state index in [0.29, 0.717) is 22.1 Å². The number of esters is 6. The third kappa shape index (κ3) is 41.4. The van der Waals surface area contributed by atoms with Gasteiger partial charge >= 0.3 is 63.4 Å². The number of ether oxygens (including phenoxy) is 6. The molecule has 4 N–H and O–H groups in total. The third-order valence-electron chi connectivity index (χ3n) is 9.89. The van der Waals surface area contributed by atoms with Crippen LogP contribution in [0.2, 0.25) is 0 Å². The van der Waals surface area contributed by atoms with Gasteiger partial charge in [-0.2, -0.15) is 0 Å². The van der Waals surface area contributed by atoms with Gasteiger partial charge in [0.25, 0.3) is 0 Å². The number of phosphoric ester groups is 2. The number of quaternary nitrogens is 2. The van der Waals surface area contributed by atoms with Crippen molar-refractivity contribution < 1.29 is 123 Å². The molecule has 0 saturated carbocycles. The summed E-state index contributed by atoms with van der Waals surface area (Å²) >= 11 is 0. The van der Waals surface area contributed by atoms with E-state index in [-0.39, 0.29) is 103 Å². The maximum atomic E-state index is 12.5. The van der Waals surface area contributed by atoms with Crippen LogP contribution in [0.4, 0.5) is 0 Å². The Morgan fingerprint density at radius 1 is 0.423 bits per heavy atom. The Hall–Kier alpha value is -5.66. The van der Waals surface area contributed by atoms with E-state index in [4.69, 9.17) is 56.7 Å². The Labute approximate surface area is 454 Å². The molecule has 0 heterocycles. The summed E-state index contributed by atoms with van der Waals surface area (Å²) in [6, 6.07) is 18.3. The molecule has 0 aliphatic carbocycles. The first-order chi connectivity index (χ1) is 36.5. The molecule has 0 aliphatic heterocycles. The largest absolute Gasteiger partial charge is 0.481 e. The van der Waals surface area contributed by atoms with Crippen molar-refractivity contribution in [1.82, 2.24) is 0 Å². The second-order valence-corrected chi connectivity index (χ2v) is 22.2. The van der Waals surface area contributed by atoms with Gasteiger partial charge in [0.1, 0.15) is 52.7 Å². The van der Waals surface area contributed by atoms with Crippen molar-refractivity contribution in [3.63, 3.8) is 0 Å². The van der Waals surface area contributed by atoms with E-state index in [0.717, 1.165) is 11.1 Å². The average molecular weight is 1150 g/mol. The zero-order valence-electron chi connectivity index (χ0n) is 45.2. The number of hydrogen-bond acceptors (Lipinski definition) is 20. The lowest BCUT2D eigenvalue weighted by Crippen LogP contribution is -2.37. The molecule has 26 nitrogen and oxygen atoms in total. The predicted octanol–water partition coefficient (Wildman–Crippen LogP) is 4.90. The molecule has 78 heavy (non-hydrogen) atoms. The number of carbonyl (C=O) groups is 8. The lowest BCUT2D eigenvalue weighted by atomic mass is 10.2. The van der Waals surface area contributed by atoms with E-state index in [2.05, 4.69) is 0 Å². The molecule has 0 aromatic heterocycles. The Morgan fingerprint density at radius 2 is 0.718 bits per heavy atom. The van der Waals surface area contributed by atoms with Crippen molar-refractivity contribution in [3.05, 3.63) is 71.8 Å².